The molecule has 64 valence electrons. The summed E-state index contributed by atoms with van der Waals surface area (Å²) in [5.74, 6) is 0.0122. The topological polar surface area (TPSA) is 42.9 Å². The van der Waals surface area contributed by atoms with Crippen LogP contribution in [0.4, 0.5) is 4.39 Å². The monoisotopic (exact) mass is 168 g/mol. The van der Waals surface area contributed by atoms with Gasteiger partial charge in [-0.05, 0) is 19.9 Å². The normalized spacial score (nSPS) is 11.2. The largest absolute Gasteiger partial charge is 0.294 e. The lowest BCUT2D eigenvalue weighted by molar-refractivity contribution is 0.111. The highest BCUT2D eigenvalue weighted by molar-refractivity contribution is 5.68. The summed E-state index contributed by atoms with van der Waals surface area (Å²) in [5, 5.41) is 0. The lowest BCUT2D eigenvalue weighted by Gasteiger charge is -2.12. The van der Waals surface area contributed by atoms with Crippen LogP contribution in [0.2, 0.25) is 0 Å². The van der Waals surface area contributed by atoms with Gasteiger partial charge in [-0.3, -0.25) is 4.79 Å². The van der Waals surface area contributed by atoms with Gasteiger partial charge in [0, 0.05) is 6.20 Å². The Morgan fingerprint density at radius 3 is 2.75 bits per heavy atom. The van der Waals surface area contributed by atoms with Gasteiger partial charge >= 0.3 is 0 Å². The van der Waals surface area contributed by atoms with E-state index in [2.05, 4.69) is 9.97 Å². The zero-order valence-electron chi connectivity index (χ0n) is 6.91. The third-order valence-electron chi connectivity index (χ3n) is 1.39. The van der Waals surface area contributed by atoms with Crippen molar-refractivity contribution in [1.82, 2.24) is 9.97 Å². The molecule has 1 rings (SSSR count). The summed E-state index contributed by atoms with van der Waals surface area (Å²) in [6, 6.07) is 1.45. The van der Waals surface area contributed by atoms with Crippen LogP contribution in [0.5, 0.6) is 0 Å². The Morgan fingerprint density at radius 2 is 2.25 bits per heavy atom. The van der Waals surface area contributed by atoms with Gasteiger partial charge in [0.05, 0.1) is 5.69 Å². The van der Waals surface area contributed by atoms with Crippen molar-refractivity contribution < 1.29 is 9.18 Å². The summed E-state index contributed by atoms with van der Waals surface area (Å²) < 4.78 is 13.2. The molecule has 12 heavy (non-hydrogen) atoms. The van der Waals surface area contributed by atoms with E-state index in [0.29, 0.717) is 6.29 Å². The number of carbonyl (C=O) groups is 1. The molecule has 1 heterocycles. The van der Waals surface area contributed by atoms with Crippen LogP contribution < -0.4 is 0 Å². The molecule has 0 aliphatic carbocycles. The molecule has 0 saturated carbocycles. The minimum Gasteiger partial charge on any atom is -0.294 e. The molecule has 0 atom stereocenters. The zero-order valence-corrected chi connectivity index (χ0v) is 6.91. The molecular weight excluding hydrogens is 159 g/mol. The predicted molar refractivity (Wildman–Crippen MR) is 41.6 cm³/mol. The van der Waals surface area contributed by atoms with E-state index in [-0.39, 0.29) is 11.5 Å². The average Bonchev–Trinajstić information content (AvgIpc) is 2.03. The van der Waals surface area contributed by atoms with Crippen LogP contribution in [-0.4, -0.2) is 16.3 Å². The second-order valence-electron chi connectivity index (χ2n) is 2.89. The highest BCUT2D eigenvalue weighted by atomic mass is 19.1. The van der Waals surface area contributed by atoms with E-state index in [4.69, 9.17) is 0 Å². The van der Waals surface area contributed by atoms with Crippen LogP contribution in [0.15, 0.2) is 12.3 Å². The number of aromatic nitrogens is 2. The maximum atomic E-state index is 13.2. The third-order valence-corrected chi connectivity index (χ3v) is 1.39. The fraction of sp³-hybridized carbons (Fsp3) is 0.375. The van der Waals surface area contributed by atoms with Gasteiger partial charge in [-0.15, -0.1) is 0 Å². The van der Waals surface area contributed by atoms with E-state index >= 15 is 0 Å². The summed E-state index contributed by atoms with van der Waals surface area (Å²) in [6.45, 7) is 2.76. The summed E-state index contributed by atoms with van der Waals surface area (Å²) in [6.07, 6.45) is 1.86. The van der Waals surface area contributed by atoms with E-state index in [1.807, 2.05) is 0 Å². The second kappa shape index (κ2) is 2.97. The van der Waals surface area contributed by atoms with Gasteiger partial charge < -0.3 is 0 Å². The molecule has 0 aromatic carbocycles. The van der Waals surface area contributed by atoms with Crippen LogP contribution in [0.1, 0.15) is 30.2 Å². The molecule has 0 aliphatic heterocycles. The molecule has 0 saturated heterocycles. The SMILES string of the molecule is CC(C)(F)c1ccnc(C=O)n1. The maximum absolute atomic E-state index is 13.2. The van der Waals surface area contributed by atoms with E-state index in [0.717, 1.165) is 0 Å². The molecule has 0 amide bonds. The molecule has 1 aromatic heterocycles. The Bertz CT molecular complexity index is 293. The quantitative estimate of drug-likeness (QED) is 0.628. The van der Waals surface area contributed by atoms with Crippen molar-refractivity contribution in [2.45, 2.75) is 19.5 Å². The molecule has 4 heteroatoms. The van der Waals surface area contributed by atoms with Crippen molar-refractivity contribution >= 4 is 6.29 Å². The molecule has 0 unspecified atom stereocenters. The Hall–Kier alpha value is -1.32. The minimum absolute atomic E-state index is 0.0122. The van der Waals surface area contributed by atoms with E-state index in [1.54, 1.807) is 0 Å². The van der Waals surface area contributed by atoms with Crippen LogP contribution >= 0.6 is 0 Å². The predicted octanol–water partition coefficient (Wildman–Crippen LogP) is 1.49. The molecule has 0 radical (unpaired) electrons. The Labute approximate surface area is 69.7 Å². The van der Waals surface area contributed by atoms with Gasteiger partial charge in [0.25, 0.3) is 0 Å². The average molecular weight is 168 g/mol. The van der Waals surface area contributed by atoms with Gasteiger partial charge in [0.1, 0.15) is 5.67 Å². The summed E-state index contributed by atoms with van der Waals surface area (Å²) >= 11 is 0. The van der Waals surface area contributed by atoms with Crippen molar-refractivity contribution in [1.29, 1.82) is 0 Å². The summed E-state index contributed by atoms with van der Waals surface area (Å²) in [7, 11) is 0. The number of carbonyl (C=O) groups excluding carboxylic acids is 1. The fourth-order valence-electron chi connectivity index (χ4n) is 0.762. The Balaban J connectivity index is 3.10. The van der Waals surface area contributed by atoms with Crippen LogP contribution in [-0.2, 0) is 5.67 Å². The van der Waals surface area contributed by atoms with Crippen molar-refractivity contribution in [3.8, 4) is 0 Å². The van der Waals surface area contributed by atoms with Gasteiger partial charge in [0.2, 0.25) is 0 Å². The van der Waals surface area contributed by atoms with E-state index in [1.165, 1.54) is 26.1 Å². The molecule has 3 nitrogen and oxygen atoms in total. The first kappa shape index (κ1) is 8.77. The number of halogens is 1. The van der Waals surface area contributed by atoms with E-state index < -0.39 is 5.67 Å². The van der Waals surface area contributed by atoms with Gasteiger partial charge in [0.15, 0.2) is 12.1 Å². The number of hydrogen-bond donors (Lipinski definition) is 0. The number of hydrogen-bond acceptors (Lipinski definition) is 3. The standard InChI is InChI=1S/C8H9FN2O/c1-8(2,9)6-3-4-10-7(5-12)11-6/h3-5H,1-2H3. The molecular formula is C8H9FN2O. The van der Waals surface area contributed by atoms with Crippen molar-refractivity contribution in [3.63, 3.8) is 0 Å². The molecule has 0 aliphatic rings. The van der Waals surface area contributed by atoms with Crippen LogP contribution in [0, 0.1) is 0 Å². The molecule has 0 bridgehead atoms. The fourth-order valence-corrected chi connectivity index (χ4v) is 0.762. The highest BCUT2D eigenvalue weighted by Crippen LogP contribution is 2.21. The van der Waals surface area contributed by atoms with Crippen LogP contribution in [0.3, 0.4) is 0 Å². The first-order chi connectivity index (χ1) is 5.54. The first-order valence-corrected chi connectivity index (χ1v) is 3.51. The smallest absolute Gasteiger partial charge is 0.192 e. The molecule has 0 spiro atoms. The third kappa shape index (κ3) is 1.84. The summed E-state index contributed by atoms with van der Waals surface area (Å²) in [4.78, 5) is 17.6. The van der Waals surface area contributed by atoms with Crippen molar-refractivity contribution in [2.75, 3.05) is 0 Å². The van der Waals surface area contributed by atoms with Gasteiger partial charge in [-0.25, -0.2) is 14.4 Å². The van der Waals surface area contributed by atoms with Gasteiger partial charge in [-0.2, -0.15) is 0 Å². The first-order valence-electron chi connectivity index (χ1n) is 3.51. The van der Waals surface area contributed by atoms with Crippen molar-refractivity contribution in [2.24, 2.45) is 0 Å². The summed E-state index contributed by atoms with van der Waals surface area (Å²) in [5.41, 5.74) is -1.31. The molecule has 0 fully saturated rings. The highest BCUT2D eigenvalue weighted by Gasteiger charge is 2.20. The van der Waals surface area contributed by atoms with E-state index in [9.17, 15) is 9.18 Å². The van der Waals surface area contributed by atoms with Gasteiger partial charge in [-0.1, -0.05) is 0 Å². The minimum atomic E-state index is -1.53. The molecule has 0 N–H and O–H groups in total. The maximum Gasteiger partial charge on any atom is 0.192 e. The lowest BCUT2D eigenvalue weighted by atomic mass is 10.1. The lowest BCUT2D eigenvalue weighted by Crippen LogP contribution is -2.13. The zero-order chi connectivity index (χ0) is 9.19. The molecule has 1 aromatic rings. The van der Waals surface area contributed by atoms with Crippen molar-refractivity contribution in [3.05, 3.63) is 23.8 Å². The number of aldehydes is 1. The Morgan fingerprint density at radius 1 is 1.58 bits per heavy atom. The number of alkyl halides is 1. The second-order valence-corrected chi connectivity index (χ2v) is 2.89. The van der Waals surface area contributed by atoms with Crippen LogP contribution in [0.25, 0.3) is 0 Å². The number of nitrogens with zero attached hydrogens (tertiary/aromatic N) is 2. The number of rotatable bonds is 2. The Kier molecular flexibility index (Phi) is 2.17.